The first-order chi connectivity index (χ1) is 16.7. The van der Waals surface area contributed by atoms with Gasteiger partial charge in [0.25, 0.3) is 0 Å². The molecule has 1 amide bonds. The fraction of sp³-hybridized carbons (Fsp3) is 0.607. The van der Waals surface area contributed by atoms with Crippen LogP contribution in [0.2, 0.25) is 0 Å². The van der Waals surface area contributed by atoms with Crippen LogP contribution >= 0.6 is 0 Å². The number of benzene rings is 1. The van der Waals surface area contributed by atoms with Crippen LogP contribution in [0.5, 0.6) is 0 Å². The number of piperidine rings is 1. The fourth-order valence-corrected chi connectivity index (χ4v) is 6.55. The molecular weight excluding hydrogens is 438 g/mol. The van der Waals surface area contributed by atoms with Gasteiger partial charge in [-0.05, 0) is 94.2 Å². The molecule has 35 heavy (non-hydrogen) atoms. The predicted octanol–water partition coefficient (Wildman–Crippen LogP) is 4.73. The Bertz CT molecular complexity index is 1090. The summed E-state index contributed by atoms with van der Waals surface area (Å²) in [6.07, 6.45) is 7.40. The van der Waals surface area contributed by atoms with Crippen LogP contribution in [0.4, 0.5) is 10.5 Å². The summed E-state index contributed by atoms with van der Waals surface area (Å²) in [4.78, 5) is 31.5. The molecule has 2 atom stereocenters. The maximum atomic E-state index is 12.9. The number of carbonyl (C=O) groups is 2. The number of ketones is 1. The van der Waals surface area contributed by atoms with Crippen molar-refractivity contribution in [1.82, 2.24) is 19.6 Å². The van der Waals surface area contributed by atoms with Gasteiger partial charge in [0.05, 0.1) is 0 Å². The second-order valence-electron chi connectivity index (χ2n) is 11.3. The summed E-state index contributed by atoms with van der Waals surface area (Å²) in [7, 11) is 0. The molecule has 0 radical (unpaired) electrons. The van der Waals surface area contributed by atoms with E-state index in [2.05, 4.69) is 53.9 Å². The molecule has 0 N–H and O–H groups in total. The summed E-state index contributed by atoms with van der Waals surface area (Å²) in [5, 5.41) is 4.15. The van der Waals surface area contributed by atoms with Gasteiger partial charge in [-0.25, -0.2) is 4.79 Å². The predicted molar refractivity (Wildman–Crippen MR) is 138 cm³/mol. The summed E-state index contributed by atoms with van der Waals surface area (Å²) in [6.45, 7) is 13.1. The van der Waals surface area contributed by atoms with Gasteiger partial charge < -0.3 is 9.80 Å². The van der Waals surface area contributed by atoms with Crippen molar-refractivity contribution in [1.29, 1.82) is 0 Å². The molecular formula is C28H39N5O2. The summed E-state index contributed by atoms with van der Waals surface area (Å²) in [6, 6.07) is 9.82. The first-order valence-corrected chi connectivity index (χ1v) is 13.2. The molecule has 2 aromatic rings. The molecule has 1 aromatic heterocycles. The second kappa shape index (κ2) is 9.41. The van der Waals surface area contributed by atoms with Crippen molar-refractivity contribution in [2.75, 3.05) is 31.1 Å². The van der Waals surface area contributed by atoms with Gasteiger partial charge in [0.15, 0.2) is 5.78 Å². The molecule has 3 saturated heterocycles. The largest absolute Gasteiger partial charge is 0.366 e. The smallest absolute Gasteiger partial charge is 0.344 e. The highest BCUT2D eigenvalue weighted by Gasteiger charge is 2.41. The quantitative estimate of drug-likeness (QED) is 0.596. The molecule has 3 aliphatic heterocycles. The number of hydrogen-bond acceptors (Lipinski definition) is 5. The number of hydrogen-bond donors (Lipinski definition) is 0. The zero-order valence-corrected chi connectivity index (χ0v) is 21.7. The van der Waals surface area contributed by atoms with Crippen molar-refractivity contribution in [3.05, 3.63) is 47.3 Å². The van der Waals surface area contributed by atoms with Gasteiger partial charge in [-0.15, -0.1) is 0 Å². The molecule has 0 aliphatic carbocycles. The number of Topliss-reactive ketones (excluding diaryl/α,β-unsaturated/α-hetero) is 1. The van der Waals surface area contributed by atoms with Gasteiger partial charge >= 0.3 is 6.03 Å². The Labute approximate surface area is 209 Å². The van der Waals surface area contributed by atoms with Crippen molar-refractivity contribution < 1.29 is 9.59 Å². The van der Waals surface area contributed by atoms with E-state index < -0.39 is 0 Å². The van der Waals surface area contributed by atoms with Crippen molar-refractivity contribution >= 4 is 17.5 Å². The Morgan fingerprint density at radius 1 is 1.03 bits per heavy atom. The van der Waals surface area contributed by atoms with Gasteiger partial charge in [-0.2, -0.15) is 9.78 Å². The standard InChI is InChI=1S/C28H39N5O2/c1-20-15-24(17-25(16-20)33-21(2)5-6-22(33)3)18-30-12-8-28(19-30)9-13-31(14-10-28)27(35)32-11-7-26(29-32)23(4)34/h7,11,15-17,21-22H,5-6,8-10,12-14,18-19H2,1-4H3/t21-,22+. The second-order valence-corrected chi connectivity index (χ2v) is 11.3. The van der Waals surface area contributed by atoms with Crippen LogP contribution in [0.1, 0.15) is 74.5 Å². The number of aromatic nitrogens is 2. The van der Waals surface area contributed by atoms with Crippen molar-refractivity contribution in [3.8, 4) is 0 Å². The fourth-order valence-electron chi connectivity index (χ4n) is 6.55. The van der Waals surface area contributed by atoms with E-state index in [4.69, 9.17) is 0 Å². The monoisotopic (exact) mass is 477 g/mol. The van der Waals surface area contributed by atoms with Gasteiger partial charge in [0, 0.05) is 57.1 Å². The Hall–Kier alpha value is -2.67. The lowest BCUT2D eigenvalue weighted by Gasteiger charge is -2.39. The third-order valence-electron chi connectivity index (χ3n) is 8.54. The van der Waals surface area contributed by atoms with Crippen molar-refractivity contribution in [2.45, 2.75) is 78.4 Å². The van der Waals surface area contributed by atoms with E-state index in [0.717, 1.165) is 45.6 Å². The van der Waals surface area contributed by atoms with E-state index in [1.165, 1.54) is 47.7 Å². The number of aryl methyl sites for hydroxylation is 1. The normalized spacial score (nSPS) is 24.5. The number of rotatable bonds is 4. The van der Waals surface area contributed by atoms with E-state index in [-0.39, 0.29) is 11.8 Å². The van der Waals surface area contributed by atoms with E-state index >= 15 is 0 Å². The zero-order valence-electron chi connectivity index (χ0n) is 21.7. The highest BCUT2D eigenvalue weighted by molar-refractivity contribution is 5.92. The zero-order chi connectivity index (χ0) is 24.7. The molecule has 5 rings (SSSR count). The number of carbonyl (C=O) groups excluding carboxylic acids is 2. The molecule has 3 aliphatic rings. The van der Waals surface area contributed by atoms with Gasteiger partial charge in [0.1, 0.15) is 5.69 Å². The van der Waals surface area contributed by atoms with Crippen LogP contribution in [-0.2, 0) is 6.54 Å². The van der Waals surface area contributed by atoms with Gasteiger partial charge in [-0.3, -0.25) is 9.69 Å². The summed E-state index contributed by atoms with van der Waals surface area (Å²) < 4.78 is 1.31. The maximum Gasteiger partial charge on any atom is 0.344 e. The minimum atomic E-state index is -0.125. The molecule has 0 unspecified atom stereocenters. The first-order valence-electron chi connectivity index (χ1n) is 13.2. The van der Waals surface area contributed by atoms with Crippen LogP contribution in [0.15, 0.2) is 30.5 Å². The lowest BCUT2D eigenvalue weighted by Crippen LogP contribution is -2.45. The van der Waals surface area contributed by atoms with Gasteiger partial charge in [0.2, 0.25) is 0 Å². The Kier molecular flexibility index (Phi) is 6.47. The van der Waals surface area contributed by atoms with E-state index in [0.29, 0.717) is 23.2 Å². The molecule has 0 bridgehead atoms. The summed E-state index contributed by atoms with van der Waals surface area (Å²) in [5.41, 5.74) is 4.78. The highest BCUT2D eigenvalue weighted by Crippen LogP contribution is 2.41. The molecule has 7 nitrogen and oxygen atoms in total. The van der Waals surface area contributed by atoms with Crippen LogP contribution in [-0.4, -0.2) is 69.7 Å². The molecule has 1 spiro atoms. The number of likely N-dealkylation sites (tertiary alicyclic amines) is 2. The van der Waals surface area contributed by atoms with Crippen molar-refractivity contribution in [2.24, 2.45) is 5.41 Å². The summed E-state index contributed by atoms with van der Waals surface area (Å²) in [5.74, 6) is -0.120. The van der Waals surface area contributed by atoms with Crippen LogP contribution < -0.4 is 4.90 Å². The van der Waals surface area contributed by atoms with E-state index in [1.807, 2.05) is 4.90 Å². The SMILES string of the molecule is CC(=O)c1ccn(C(=O)N2CCC3(CCN(Cc4cc(C)cc(N5[C@H](C)CC[C@@H]5C)c4)C3)CC2)n1. The van der Waals surface area contributed by atoms with Gasteiger partial charge in [-0.1, -0.05) is 6.07 Å². The maximum absolute atomic E-state index is 12.9. The van der Waals surface area contributed by atoms with Crippen LogP contribution in [0.25, 0.3) is 0 Å². The topological polar surface area (TPSA) is 61.7 Å². The minimum absolute atomic E-state index is 0.120. The average molecular weight is 478 g/mol. The third kappa shape index (κ3) is 4.88. The number of amides is 1. The van der Waals surface area contributed by atoms with E-state index in [9.17, 15) is 9.59 Å². The molecule has 188 valence electrons. The summed E-state index contributed by atoms with van der Waals surface area (Å²) >= 11 is 0. The molecule has 3 fully saturated rings. The molecule has 4 heterocycles. The highest BCUT2D eigenvalue weighted by atomic mass is 16.2. The lowest BCUT2D eigenvalue weighted by atomic mass is 9.78. The third-order valence-corrected chi connectivity index (χ3v) is 8.54. The Balaban J connectivity index is 1.19. The first kappa shape index (κ1) is 24.0. The molecule has 7 heteroatoms. The van der Waals surface area contributed by atoms with Crippen LogP contribution in [0.3, 0.4) is 0 Å². The number of anilines is 1. The van der Waals surface area contributed by atoms with Crippen molar-refractivity contribution in [3.63, 3.8) is 0 Å². The minimum Gasteiger partial charge on any atom is -0.366 e. The lowest BCUT2D eigenvalue weighted by molar-refractivity contribution is 0.101. The van der Waals surface area contributed by atoms with Crippen LogP contribution in [0, 0.1) is 12.3 Å². The Morgan fingerprint density at radius 2 is 1.71 bits per heavy atom. The average Bonchev–Trinajstić information content (AvgIpc) is 3.53. The molecule has 1 aromatic carbocycles. The Morgan fingerprint density at radius 3 is 2.37 bits per heavy atom. The number of nitrogens with zero attached hydrogens (tertiary/aromatic N) is 5. The van der Waals surface area contributed by atoms with E-state index in [1.54, 1.807) is 12.3 Å². The molecule has 0 saturated carbocycles.